The highest BCUT2D eigenvalue weighted by molar-refractivity contribution is 5.79. The number of nitrogens with one attached hydrogen (secondary N) is 1. The molecule has 2 rings (SSSR count). The van der Waals surface area contributed by atoms with Crippen LogP contribution in [0.5, 0.6) is 0 Å². The number of pyridine rings is 1. The van der Waals surface area contributed by atoms with Crippen molar-refractivity contribution in [3.63, 3.8) is 0 Å². The Labute approximate surface area is 102 Å². The van der Waals surface area contributed by atoms with Crippen LogP contribution in [0.3, 0.4) is 0 Å². The number of nitrogens with zero attached hydrogens (tertiary/aromatic N) is 1. The van der Waals surface area contributed by atoms with Crippen LogP contribution < -0.4 is 5.32 Å². The molecule has 0 aliphatic carbocycles. The van der Waals surface area contributed by atoms with Gasteiger partial charge in [0.25, 0.3) is 0 Å². The molecule has 0 radical (unpaired) electrons. The summed E-state index contributed by atoms with van der Waals surface area (Å²) in [5.41, 5.74) is 2.22. The molecule has 0 bridgehead atoms. The normalized spacial score (nSPS) is 14.8. The van der Waals surface area contributed by atoms with E-state index in [1.165, 1.54) is 5.56 Å². The van der Waals surface area contributed by atoms with Gasteiger partial charge >= 0.3 is 0 Å². The van der Waals surface area contributed by atoms with E-state index in [0.717, 1.165) is 10.9 Å². The van der Waals surface area contributed by atoms with Gasteiger partial charge in [0, 0.05) is 18.7 Å². The van der Waals surface area contributed by atoms with Gasteiger partial charge in [0.05, 0.1) is 17.7 Å². The molecule has 1 N–H and O–H groups in total. The van der Waals surface area contributed by atoms with Crippen molar-refractivity contribution in [1.82, 2.24) is 10.3 Å². The zero-order valence-electron chi connectivity index (χ0n) is 10.5. The van der Waals surface area contributed by atoms with Crippen LogP contribution in [0.4, 0.5) is 0 Å². The molecule has 1 aromatic heterocycles. The lowest BCUT2D eigenvalue weighted by molar-refractivity contribution is 0.0857. The molecule has 3 nitrogen and oxygen atoms in total. The van der Waals surface area contributed by atoms with E-state index in [4.69, 9.17) is 4.74 Å². The number of ether oxygens (including phenoxy) is 1. The summed E-state index contributed by atoms with van der Waals surface area (Å²) >= 11 is 0. The minimum Gasteiger partial charge on any atom is -0.380 e. The Morgan fingerprint density at radius 3 is 2.82 bits per heavy atom. The van der Waals surface area contributed by atoms with Gasteiger partial charge in [-0.3, -0.25) is 4.98 Å². The molecule has 0 fully saturated rings. The lowest BCUT2D eigenvalue weighted by Crippen LogP contribution is -2.28. The van der Waals surface area contributed by atoms with Gasteiger partial charge in [-0.25, -0.2) is 0 Å². The lowest BCUT2D eigenvalue weighted by Gasteiger charge is -2.22. The van der Waals surface area contributed by atoms with Crippen molar-refractivity contribution >= 4 is 10.9 Å². The van der Waals surface area contributed by atoms with E-state index in [1.54, 1.807) is 7.11 Å². The second-order valence-electron chi connectivity index (χ2n) is 4.16. The molecule has 90 valence electrons. The number of rotatable bonds is 4. The molecular formula is C14H18N2O. The first-order chi connectivity index (χ1) is 8.26. The van der Waals surface area contributed by atoms with Crippen LogP contribution in [0.25, 0.3) is 10.9 Å². The molecule has 1 heterocycles. The predicted octanol–water partition coefficient (Wildman–Crippen LogP) is 2.53. The SMILES string of the molecule is CNC(c1ccc2cccnc2c1)C(C)OC. The van der Waals surface area contributed by atoms with E-state index in [9.17, 15) is 0 Å². The number of hydrogen-bond acceptors (Lipinski definition) is 3. The highest BCUT2D eigenvalue weighted by Crippen LogP contribution is 2.22. The van der Waals surface area contributed by atoms with Gasteiger partial charge in [0.15, 0.2) is 0 Å². The average Bonchev–Trinajstić information content (AvgIpc) is 2.39. The molecule has 2 aromatic rings. The summed E-state index contributed by atoms with van der Waals surface area (Å²) in [4.78, 5) is 4.38. The lowest BCUT2D eigenvalue weighted by atomic mass is 10.0. The number of hydrogen-bond donors (Lipinski definition) is 1. The fraction of sp³-hybridized carbons (Fsp3) is 0.357. The maximum absolute atomic E-state index is 5.39. The van der Waals surface area contributed by atoms with Crippen molar-refractivity contribution in [2.45, 2.75) is 19.1 Å². The van der Waals surface area contributed by atoms with Gasteiger partial charge in [-0.2, -0.15) is 0 Å². The fourth-order valence-electron chi connectivity index (χ4n) is 2.09. The van der Waals surface area contributed by atoms with Crippen molar-refractivity contribution in [1.29, 1.82) is 0 Å². The van der Waals surface area contributed by atoms with Crippen molar-refractivity contribution in [2.24, 2.45) is 0 Å². The molecule has 1 aromatic carbocycles. The van der Waals surface area contributed by atoms with Crippen molar-refractivity contribution in [3.8, 4) is 0 Å². The summed E-state index contributed by atoms with van der Waals surface area (Å²) in [7, 11) is 3.68. The zero-order chi connectivity index (χ0) is 12.3. The van der Waals surface area contributed by atoms with Crippen molar-refractivity contribution in [2.75, 3.05) is 14.2 Å². The van der Waals surface area contributed by atoms with Crippen LogP contribution in [0, 0.1) is 0 Å². The quantitative estimate of drug-likeness (QED) is 0.876. The van der Waals surface area contributed by atoms with Crippen LogP contribution >= 0.6 is 0 Å². The van der Waals surface area contributed by atoms with Gasteiger partial charge in [-0.15, -0.1) is 0 Å². The molecule has 17 heavy (non-hydrogen) atoms. The molecule has 2 atom stereocenters. The Morgan fingerprint density at radius 2 is 2.12 bits per heavy atom. The molecule has 3 heteroatoms. The number of aromatic nitrogens is 1. The third kappa shape index (κ3) is 2.46. The van der Waals surface area contributed by atoms with Gasteiger partial charge in [0.2, 0.25) is 0 Å². The van der Waals surface area contributed by atoms with E-state index in [0.29, 0.717) is 0 Å². The first-order valence-corrected chi connectivity index (χ1v) is 5.81. The van der Waals surface area contributed by atoms with Crippen molar-refractivity contribution in [3.05, 3.63) is 42.1 Å². The Bertz CT molecular complexity index is 498. The van der Waals surface area contributed by atoms with E-state index < -0.39 is 0 Å². The molecular weight excluding hydrogens is 212 g/mol. The highest BCUT2D eigenvalue weighted by atomic mass is 16.5. The minimum atomic E-state index is 0.126. The summed E-state index contributed by atoms with van der Waals surface area (Å²) in [6.45, 7) is 2.06. The topological polar surface area (TPSA) is 34.2 Å². The molecule has 0 spiro atoms. The number of likely N-dealkylation sites (N-methyl/N-ethyl adjacent to an activating group) is 1. The van der Waals surface area contributed by atoms with Crippen LogP contribution in [-0.4, -0.2) is 25.2 Å². The standard InChI is InChI=1S/C14H18N2O/c1-10(17-3)14(15-2)12-7-6-11-5-4-8-16-13(11)9-12/h4-10,14-15H,1-3H3. The van der Waals surface area contributed by atoms with E-state index in [-0.39, 0.29) is 12.1 Å². The first kappa shape index (κ1) is 12.0. The molecule has 0 saturated carbocycles. The Morgan fingerprint density at radius 1 is 1.29 bits per heavy atom. The largest absolute Gasteiger partial charge is 0.380 e. The third-order valence-corrected chi connectivity index (χ3v) is 3.14. The van der Waals surface area contributed by atoms with Gasteiger partial charge in [0.1, 0.15) is 0 Å². The van der Waals surface area contributed by atoms with E-state index in [1.807, 2.05) is 19.3 Å². The van der Waals surface area contributed by atoms with Crippen LogP contribution in [-0.2, 0) is 4.74 Å². The average molecular weight is 230 g/mol. The van der Waals surface area contributed by atoms with Crippen molar-refractivity contribution < 1.29 is 4.74 Å². The van der Waals surface area contributed by atoms with Gasteiger partial charge < -0.3 is 10.1 Å². The molecule has 0 amide bonds. The summed E-state index contributed by atoms with van der Waals surface area (Å²) in [5, 5.41) is 4.44. The minimum absolute atomic E-state index is 0.126. The number of benzene rings is 1. The molecule has 0 aliphatic rings. The Kier molecular flexibility index (Phi) is 3.71. The second-order valence-corrected chi connectivity index (χ2v) is 4.16. The summed E-state index contributed by atoms with van der Waals surface area (Å²) < 4.78 is 5.39. The molecule has 0 aliphatic heterocycles. The smallest absolute Gasteiger partial charge is 0.0737 e. The Balaban J connectivity index is 2.40. The van der Waals surface area contributed by atoms with E-state index >= 15 is 0 Å². The maximum Gasteiger partial charge on any atom is 0.0737 e. The maximum atomic E-state index is 5.39. The van der Waals surface area contributed by atoms with Crippen LogP contribution in [0.2, 0.25) is 0 Å². The summed E-state index contributed by atoms with van der Waals surface area (Å²) in [6.07, 6.45) is 1.95. The highest BCUT2D eigenvalue weighted by Gasteiger charge is 2.17. The third-order valence-electron chi connectivity index (χ3n) is 3.14. The number of fused-ring (bicyclic) bond motifs is 1. The predicted molar refractivity (Wildman–Crippen MR) is 70.0 cm³/mol. The second kappa shape index (κ2) is 5.25. The zero-order valence-corrected chi connectivity index (χ0v) is 10.5. The van der Waals surface area contributed by atoms with Crippen LogP contribution in [0.1, 0.15) is 18.5 Å². The molecule has 2 unspecified atom stereocenters. The first-order valence-electron chi connectivity index (χ1n) is 5.81. The Hall–Kier alpha value is -1.45. The van der Waals surface area contributed by atoms with E-state index in [2.05, 4.69) is 41.5 Å². The fourth-order valence-corrected chi connectivity index (χ4v) is 2.09. The summed E-state index contributed by atoms with van der Waals surface area (Å²) in [6, 6.07) is 10.6. The van der Waals surface area contributed by atoms with Gasteiger partial charge in [-0.1, -0.05) is 18.2 Å². The van der Waals surface area contributed by atoms with Gasteiger partial charge in [-0.05, 0) is 31.7 Å². The monoisotopic (exact) mass is 230 g/mol. The number of methoxy groups -OCH3 is 1. The molecule has 0 saturated heterocycles. The summed E-state index contributed by atoms with van der Waals surface area (Å²) in [5.74, 6) is 0. The van der Waals surface area contributed by atoms with Crippen LogP contribution in [0.15, 0.2) is 36.5 Å².